The average molecular weight is 339 g/mol. The van der Waals surface area contributed by atoms with E-state index in [2.05, 4.69) is 21.2 Å². The number of anilines is 1. The van der Waals surface area contributed by atoms with Gasteiger partial charge in [0.2, 0.25) is 5.91 Å². The predicted octanol–water partition coefficient (Wildman–Crippen LogP) is 4.67. The summed E-state index contributed by atoms with van der Waals surface area (Å²) in [5.41, 5.74) is 1.85. The van der Waals surface area contributed by atoms with Gasteiger partial charge in [-0.05, 0) is 40.0 Å². The number of carbonyl (C=O) groups excluding carboxylic acids is 1. The van der Waals surface area contributed by atoms with Crippen LogP contribution in [0.1, 0.15) is 12.0 Å². The number of carbonyl (C=O) groups is 1. The summed E-state index contributed by atoms with van der Waals surface area (Å²) in [6, 6.07) is 15.3. The molecule has 19 heavy (non-hydrogen) atoms. The van der Waals surface area contributed by atoms with Gasteiger partial charge < -0.3 is 5.32 Å². The van der Waals surface area contributed by atoms with E-state index < -0.39 is 0 Å². The van der Waals surface area contributed by atoms with Crippen molar-refractivity contribution in [1.82, 2.24) is 0 Å². The monoisotopic (exact) mass is 337 g/mol. The Bertz CT molecular complexity index is 572. The standard InChI is InChI=1S/C15H13BrClNO/c16-15-12(17)7-4-8-13(15)18-14(19)10-9-11-5-2-1-3-6-11/h1-8H,9-10H2,(H,18,19). The fourth-order valence-electron chi connectivity index (χ4n) is 1.72. The van der Waals surface area contributed by atoms with Crippen LogP contribution in [0.3, 0.4) is 0 Å². The maximum absolute atomic E-state index is 11.9. The van der Waals surface area contributed by atoms with Gasteiger partial charge in [-0.3, -0.25) is 4.79 Å². The summed E-state index contributed by atoms with van der Waals surface area (Å²) < 4.78 is 0.713. The van der Waals surface area contributed by atoms with Crippen LogP contribution in [0.4, 0.5) is 5.69 Å². The highest BCUT2D eigenvalue weighted by Crippen LogP contribution is 2.30. The van der Waals surface area contributed by atoms with Gasteiger partial charge in [-0.15, -0.1) is 0 Å². The molecule has 0 saturated carbocycles. The van der Waals surface area contributed by atoms with Crippen LogP contribution in [-0.4, -0.2) is 5.91 Å². The van der Waals surface area contributed by atoms with E-state index in [1.165, 1.54) is 0 Å². The van der Waals surface area contributed by atoms with E-state index >= 15 is 0 Å². The summed E-state index contributed by atoms with van der Waals surface area (Å²) in [6.45, 7) is 0. The van der Waals surface area contributed by atoms with E-state index in [9.17, 15) is 4.79 Å². The van der Waals surface area contributed by atoms with Crippen LogP contribution in [0.5, 0.6) is 0 Å². The zero-order valence-corrected chi connectivity index (χ0v) is 12.5. The highest BCUT2D eigenvalue weighted by atomic mass is 79.9. The second-order valence-corrected chi connectivity index (χ2v) is 5.34. The molecule has 98 valence electrons. The molecule has 0 heterocycles. The number of hydrogen-bond acceptors (Lipinski definition) is 1. The smallest absolute Gasteiger partial charge is 0.224 e. The molecule has 4 heteroatoms. The summed E-state index contributed by atoms with van der Waals surface area (Å²) >= 11 is 9.33. The van der Waals surface area contributed by atoms with E-state index in [1.54, 1.807) is 12.1 Å². The third kappa shape index (κ3) is 4.08. The molecule has 0 aliphatic rings. The van der Waals surface area contributed by atoms with Crippen LogP contribution in [-0.2, 0) is 11.2 Å². The van der Waals surface area contributed by atoms with Gasteiger partial charge in [0.1, 0.15) is 0 Å². The molecular formula is C15H13BrClNO. The summed E-state index contributed by atoms with van der Waals surface area (Å²) in [5.74, 6) is -0.0215. The third-order valence-electron chi connectivity index (χ3n) is 2.71. The van der Waals surface area contributed by atoms with Gasteiger partial charge in [0.15, 0.2) is 0 Å². The molecule has 0 aromatic heterocycles. The van der Waals surface area contributed by atoms with Gasteiger partial charge in [-0.1, -0.05) is 48.0 Å². The summed E-state index contributed by atoms with van der Waals surface area (Å²) in [5, 5.41) is 3.44. The van der Waals surface area contributed by atoms with Gasteiger partial charge in [-0.2, -0.15) is 0 Å². The first-order chi connectivity index (χ1) is 9.16. The lowest BCUT2D eigenvalue weighted by Gasteiger charge is -2.08. The largest absolute Gasteiger partial charge is 0.325 e. The minimum Gasteiger partial charge on any atom is -0.325 e. The molecule has 0 bridgehead atoms. The maximum atomic E-state index is 11.9. The highest BCUT2D eigenvalue weighted by molar-refractivity contribution is 9.10. The molecule has 2 aromatic rings. The minimum atomic E-state index is -0.0215. The first-order valence-corrected chi connectivity index (χ1v) is 7.11. The van der Waals surface area contributed by atoms with E-state index in [4.69, 9.17) is 11.6 Å². The number of rotatable bonds is 4. The Morgan fingerprint density at radius 2 is 1.84 bits per heavy atom. The first-order valence-electron chi connectivity index (χ1n) is 5.94. The summed E-state index contributed by atoms with van der Waals surface area (Å²) in [7, 11) is 0. The van der Waals surface area contributed by atoms with E-state index in [0.29, 0.717) is 21.6 Å². The SMILES string of the molecule is O=C(CCc1ccccc1)Nc1cccc(Cl)c1Br. The Kier molecular flexibility index (Phi) is 5.00. The van der Waals surface area contributed by atoms with Gasteiger partial charge in [0.05, 0.1) is 15.2 Å². The van der Waals surface area contributed by atoms with Crippen molar-refractivity contribution in [2.75, 3.05) is 5.32 Å². The van der Waals surface area contributed by atoms with Gasteiger partial charge >= 0.3 is 0 Å². The van der Waals surface area contributed by atoms with Crippen molar-refractivity contribution in [3.63, 3.8) is 0 Å². The van der Waals surface area contributed by atoms with Crippen molar-refractivity contribution >= 4 is 39.1 Å². The second kappa shape index (κ2) is 6.73. The average Bonchev–Trinajstić information content (AvgIpc) is 2.43. The Labute approximate surface area is 125 Å². The molecule has 0 atom stereocenters. The van der Waals surface area contributed by atoms with Gasteiger partial charge in [0.25, 0.3) is 0 Å². The summed E-state index contributed by atoms with van der Waals surface area (Å²) in [4.78, 5) is 11.9. The van der Waals surface area contributed by atoms with E-state index in [1.807, 2.05) is 36.4 Å². The van der Waals surface area contributed by atoms with Crippen molar-refractivity contribution in [1.29, 1.82) is 0 Å². The maximum Gasteiger partial charge on any atom is 0.224 e. The van der Waals surface area contributed by atoms with Crippen LogP contribution in [0.15, 0.2) is 53.0 Å². The van der Waals surface area contributed by atoms with Crippen LogP contribution in [0, 0.1) is 0 Å². The molecule has 0 aliphatic carbocycles. The molecule has 0 aliphatic heterocycles. The van der Waals surface area contributed by atoms with Gasteiger partial charge in [0, 0.05) is 6.42 Å². The zero-order valence-electron chi connectivity index (χ0n) is 10.2. The molecule has 0 spiro atoms. The Hall–Kier alpha value is -1.32. The normalized spacial score (nSPS) is 10.2. The van der Waals surface area contributed by atoms with Crippen molar-refractivity contribution in [3.8, 4) is 0 Å². The van der Waals surface area contributed by atoms with E-state index in [0.717, 1.165) is 12.0 Å². The molecule has 0 unspecified atom stereocenters. The number of amides is 1. The fourth-order valence-corrected chi connectivity index (χ4v) is 2.25. The molecule has 2 nitrogen and oxygen atoms in total. The van der Waals surface area contributed by atoms with Crippen molar-refractivity contribution < 1.29 is 4.79 Å². The van der Waals surface area contributed by atoms with Crippen LogP contribution in [0.25, 0.3) is 0 Å². The van der Waals surface area contributed by atoms with Crippen LogP contribution >= 0.6 is 27.5 Å². The second-order valence-electron chi connectivity index (χ2n) is 4.14. The van der Waals surface area contributed by atoms with Crippen molar-refractivity contribution in [2.45, 2.75) is 12.8 Å². The van der Waals surface area contributed by atoms with E-state index in [-0.39, 0.29) is 5.91 Å². The molecule has 1 amide bonds. The number of halogens is 2. The molecule has 2 rings (SSSR count). The highest BCUT2D eigenvalue weighted by Gasteiger charge is 2.07. The topological polar surface area (TPSA) is 29.1 Å². The molecule has 0 saturated heterocycles. The molecule has 1 N–H and O–H groups in total. The molecule has 0 fully saturated rings. The van der Waals surface area contributed by atoms with Crippen LogP contribution < -0.4 is 5.32 Å². The third-order valence-corrected chi connectivity index (χ3v) is 4.11. The Balaban J connectivity index is 1.93. The summed E-state index contributed by atoms with van der Waals surface area (Å²) in [6.07, 6.45) is 1.17. The molecule has 2 aromatic carbocycles. The number of benzene rings is 2. The predicted molar refractivity (Wildman–Crippen MR) is 82.5 cm³/mol. The minimum absolute atomic E-state index is 0.0215. The zero-order chi connectivity index (χ0) is 13.7. The number of nitrogens with one attached hydrogen (secondary N) is 1. The van der Waals surface area contributed by atoms with Gasteiger partial charge in [-0.25, -0.2) is 0 Å². The quantitative estimate of drug-likeness (QED) is 0.862. The lowest BCUT2D eigenvalue weighted by atomic mass is 10.1. The molecule has 0 radical (unpaired) electrons. The number of aryl methyl sites for hydroxylation is 1. The lowest BCUT2D eigenvalue weighted by Crippen LogP contribution is -2.12. The molecular weight excluding hydrogens is 326 g/mol. The van der Waals surface area contributed by atoms with Crippen molar-refractivity contribution in [3.05, 3.63) is 63.6 Å². The Morgan fingerprint density at radius 1 is 1.11 bits per heavy atom. The number of hydrogen-bond donors (Lipinski definition) is 1. The Morgan fingerprint density at radius 3 is 2.58 bits per heavy atom. The first kappa shape index (κ1) is 14.1. The van der Waals surface area contributed by atoms with Crippen molar-refractivity contribution in [2.24, 2.45) is 0 Å². The van der Waals surface area contributed by atoms with Crippen LogP contribution in [0.2, 0.25) is 5.02 Å². The fraction of sp³-hybridized carbons (Fsp3) is 0.133. The lowest BCUT2D eigenvalue weighted by molar-refractivity contribution is -0.116.